The van der Waals surface area contributed by atoms with Crippen LogP contribution in [0, 0.1) is 0 Å². The third-order valence-corrected chi connectivity index (χ3v) is 0.759. The summed E-state index contributed by atoms with van der Waals surface area (Å²) >= 11 is 0. The van der Waals surface area contributed by atoms with Gasteiger partial charge >= 0.3 is 6.18 Å². The Labute approximate surface area is 55.0 Å². The molecule has 0 aliphatic carbocycles. The summed E-state index contributed by atoms with van der Waals surface area (Å²) in [6.45, 7) is 2.52. The number of carbonyl (C=O) groups excluding carboxylic acids is 1. The molecule has 0 atom stereocenters. The first-order valence-corrected chi connectivity index (χ1v) is 2.29. The molecule has 0 aliphatic rings. The highest BCUT2D eigenvalue weighted by Gasteiger charge is 2.31. The van der Waals surface area contributed by atoms with Crippen LogP contribution in [0.3, 0.4) is 0 Å². The first kappa shape index (κ1) is 9.00. The molecule has 0 saturated carbocycles. The van der Waals surface area contributed by atoms with E-state index in [1.807, 2.05) is 0 Å². The molecule has 0 fully saturated rings. The lowest BCUT2D eigenvalue weighted by molar-refractivity contribution is -0.305. The molecular formula is C5H4F3O2-. The molecule has 0 spiro atoms. The van der Waals surface area contributed by atoms with E-state index in [-0.39, 0.29) is 0 Å². The van der Waals surface area contributed by atoms with Crippen LogP contribution in [0.5, 0.6) is 0 Å². The van der Waals surface area contributed by atoms with Gasteiger partial charge in [-0.05, 0) is 0 Å². The van der Waals surface area contributed by atoms with E-state index in [9.17, 15) is 23.1 Å². The fourth-order valence-electron chi connectivity index (χ4n) is 0.274. The van der Waals surface area contributed by atoms with Crippen LogP contribution in [0.1, 0.15) is 6.42 Å². The number of carboxylic acid groups (broad SMARTS) is 1. The molecule has 0 saturated heterocycles. The zero-order valence-electron chi connectivity index (χ0n) is 4.86. The smallest absolute Gasteiger partial charge is 0.412 e. The lowest BCUT2D eigenvalue weighted by Crippen LogP contribution is -2.25. The molecule has 0 radical (unpaired) electrons. The average Bonchev–Trinajstić information content (AvgIpc) is 1.60. The van der Waals surface area contributed by atoms with Crippen LogP contribution in [-0.4, -0.2) is 12.1 Å². The molecule has 0 heterocycles. The number of carbonyl (C=O) groups is 1. The number of alkyl halides is 3. The van der Waals surface area contributed by atoms with Crippen molar-refractivity contribution >= 4 is 5.97 Å². The molecular weight excluding hydrogens is 149 g/mol. The lowest BCUT2D eigenvalue weighted by atomic mass is 10.2. The lowest BCUT2D eigenvalue weighted by Gasteiger charge is -2.09. The summed E-state index contributed by atoms with van der Waals surface area (Å²) in [6.07, 6.45) is -5.79. The van der Waals surface area contributed by atoms with Crippen LogP contribution >= 0.6 is 0 Å². The van der Waals surface area contributed by atoms with Gasteiger partial charge in [0.1, 0.15) is 0 Å². The van der Waals surface area contributed by atoms with Crippen LogP contribution in [0.25, 0.3) is 0 Å². The molecule has 0 rings (SSSR count). The Hall–Kier alpha value is -1.00. The van der Waals surface area contributed by atoms with E-state index < -0.39 is 24.1 Å². The van der Waals surface area contributed by atoms with Crippen molar-refractivity contribution in [1.29, 1.82) is 0 Å². The van der Waals surface area contributed by atoms with E-state index in [1.54, 1.807) is 0 Å². The Morgan fingerprint density at radius 1 is 1.50 bits per heavy atom. The second-order valence-corrected chi connectivity index (χ2v) is 1.65. The van der Waals surface area contributed by atoms with Gasteiger partial charge in [-0.25, -0.2) is 0 Å². The van der Waals surface area contributed by atoms with E-state index in [1.165, 1.54) is 0 Å². The van der Waals surface area contributed by atoms with E-state index >= 15 is 0 Å². The normalized spacial score (nSPS) is 11.1. The van der Waals surface area contributed by atoms with E-state index in [0.29, 0.717) is 0 Å². The third-order valence-electron chi connectivity index (χ3n) is 0.759. The van der Waals surface area contributed by atoms with Crippen molar-refractivity contribution in [3.8, 4) is 0 Å². The minimum Gasteiger partial charge on any atom is -0.550 e. The molecule has 0 aromatic carbocycles. The highest BCUT2D eigenvalue weighted by molar-refractivity contribution is 5.67. The SMILES string of the molecule is C=C(CC(=O)[O-])C(F)(F)F. The van der Waals surface area contributed by atoms with Gasteiger partial charge in [-0.1, -0.05) is 6.58 Å². The molecule has 0 bridgehead atoms. The molecule has 0 aromatic rings. The zero-order valence-corrected chi connectivity index (χ0v) is 4.86. The standard InChI is InChI=1S/C5H5F3O2/c1-3(2-4(9)10)5(6,7)8/h1-2H2,(H,9,10)/p-1. The monoisotopic (exact) mass is 153 g/mol. The van der Waals surface area contributed by atoms with Gasteiger partial charge in [0.15, 0.2) is 0 Å². The Morgan fingerprint density at radius 3 is 2.00 bits per heavy atom. The Kier molecular flexibility index (Phi) is 2.45. The quantitative estimate of drug-likeness (QED) is 0.533. The fraction of sp³-hybridized carbons (Fsp3) is 0.400. The van der Waals surface area contributed by atoms with Gasteiger partial charge in [-0.2, -0.15) is 13.2 Å². The molecule has 5 heteroatoms. The van der Waals surface area contributed by atoms with Gasteiger partial charge in [0.2, 0.25) is 0 Å². The number of rotatable bonds is 2. The van der Waals surface area contributed by atoms with Crippen LogP contribution in [0.15, 0.2) is 12.2 Å². The van der Waals surface area contributed by atoms with Crippen molar-refractivity contribution in [2.75, 3.05) is 0 Å². The average molecular weight is 153 g/mol. The number of hydrogen-bond donors (Lipinski definition) is 0. The number of hydrogen-bond acceptors (Lipinski definition) is 2. The molecule has 58 valence electrons. The highest BCUT2D eigenvalue weighted by Crippen LogP contribution is 2.25. The maximum Gasteiger partial charge on any atom is 0.412 e. The van der Waals surface area contributed by atoms with E-state index in [0.717, 1.165) is 0 Å². The predicted molar refractivity (Wildman–Crippen MR) is 24.8 cm³/mol. The van der Waals surface area contributed by atoms with Gasteiger partial charge in [0.25, 0.3) is 0 Å². The van der Waals surface area contributed by atoms with Gasteiger partial charge in [-0.3, -0.25) is 0 Å². The fourth-order valence-corrected chi connectivity index (χ4v) is 0.274. The number of halogens is 3. The van der Waals surface area contributed by atoms with Gasteiger partial charge in [-0.15, -0.1) is 0 Å². The number of carboxylic acids is 1. The van der Waals surface area contributed by atoms with Crippen LogP contribution in [-0.2, 0) is 4.79 Å². The largest absolute Gasteiger partial charge is 0.550 e. The summed E-state index contributed by atoms with van der Waals surface area (Å²) in [7, 11) is 0. The molecule has 0 amide bonds. The summed E-state index contributed by atoms with van der Waals surface area (Å²) in [5.74, 6) is -1.78. The zero-order chi connectivity index (χ0) is 8.36. The molecule has 0 unspecified atom stereocenters. The molecule has 0 aliphatic heterocycles. The van der Waals surface area contributed by atoms with Crippen LogP contribution in [0.2, 0.25) is 0 Å². The van der Waals surface area contributed by atoms with Crippen LogP contribution < -0.4 is 5.11 Å². The predicted octanol–water partition coefficient (Wildman–Crippen LogP) is 0.245. The topological polar surface area (TPSA) is 40.1 Å². The van der Waals surface area contributed by atoms with Crippen LogP contribution in [0.4, 0.5) is 13.2 Å². The molecule has 0 N–H and O–H groups in total. The molecule has 10 heavy (non-hydrogen) atoms. The first-order valence-electron chi connectivity index (χ1n) is 2.29. The summed E-state index contributed by atoms with van der Waals surface area (Å²) < 4.78 is 34.3. The van der Waals surface area contributed by atoms with Gasteiger partial charge < -0.3 is 9.90 Å². The summed E-state index contributed by atoms with van der Waals surface area (Å²) in [5, 5.41) is 9.58. The van der Waals surface area contributed by atoms with Gasteiger partial charge in [0, 0.05) is 18.0 Å². The third kappa shape index (κ3) is 3.11. The second kappa shape index (κ2) is 2.72. The van der Waals surface area contributed by atoms with Crippen molar-refractivity contribution in [3.63, 3.8) is 0 Å². The minimum absolute atomic E-state index is 1.16. The summed E-state index contributed by atoms with van der Waals surface area (Å²) in [6, 6.07) is 0. The highest BCUT2D eigenvalue weighted by atomic mass is 19.4. The van der Waals surface area contributed by atoms with Gasteiger partial charge in [0.05, 0.1) is 0 Å². The van der Waals surface area contributed by atoms with Crippen molar-refractivity contribution < 1.29 is 23.1 Å². The van der Waals surface area contributed by atoms with Crippen molar-refractivity contribution in [3.05, 3.63) is 12.2 Å². The second-order valence-electron chi connectivity index (χ2n) is 1.65. The molecule has 2 nitrogen and oxygen atoms in total. The van der Waals surface area contributed by atoms with E-state index in [2.05, 4.69) is 6.58 Å². The Morgan fingerprint density at radius 2 is 1.90 bits per heavy atom. The maximum absolute atomic E-state index is 11.4. The first-order chi connectivity index (χ1) is 4.34. The Bertz CT molecular complexity index is 159. The van der Waals surface area contributed by atoms with Crippen molar-refractivity contribution in [1.82, 2.24) is 0 Å². The van der Waals surface area contributed by atoms with Crippen molar-refractivity contribution in [2.45, 2.75) is 12.6 Å². The maximum atomic E-state index is 11.4. The Balaban J connectivity index is 3.99. The van der Waals surface area contributed by atoms with E-state index in [4.69, 9.17) is 0 Å². The molecule has 0 aromatic heterocycles. The van der Waals surface area contributed by atoms with Crippen molar-refractivity contribution in [2.24, 2.45) is 0 Å². The summed E-state index contributed by atoms with van der Waals surface area (Å²) in [5.41, 5.74) is -1.30. The minimum atomic E-state index is -4.62. The number of aliphatic carboxylic acids is 1. The summed E-state index contributed by atoms with van der Waals surface area (Å²) in [4.78, 5) is 9.58.